The van der Waals surface area contributed by atoms with E-state index >= 15 is 0 Å². The van der Waals surface area contributed by atoms with Crippen LogP contribution in [-0.2, 0) is 6.54 Å². The van der Waals surface area contributed by atoms with Crippen LogP contribution in [0.5, 0.6) is 0 Å². The zero-order valence-electron chi connectivity index (χ0n) is 11.0. The maximum absolute atomic E-state index is 13.8. The third kappa shape index (κ3) is 2.97. The Hall–Kier alpha value is -2.55. The molecule has 0 aliphatic carbocycles. The van der Waals surface area contributed by atoms with E-state index in [4.69, 9.17) is 5.26 Å². The van der Waals surface area contributed by atoms with Crippen molar-refractivity contribution < 1.29 is 17.6 Å². The van der Waals surface area contributed by atoms with Crippen LogP contribution in [0.25, 0.3) is 0 Å². The number of nitrogens with one attached hydrogen (secondary N) is 1. The van der Waals surface area contributed by atoms with Crippen molar-refractivity contribution in [3.63, 3.8) is 0 Å². The van der Waals surface area contributed by atoms with Gasteiger partial charge in [-0.3, -0.25) is 0 Å². The molecule has 0 atom stereocenters. The van der Waals surface area contributed by atoms with Crippen molar-refractivity contribution >= 4 is 5.69 Å². The van der Waals surface area contributed by atoms with Crippen LogP contribution in [-0.4, -0.2) is 0 Å². The molecule has 0 saturated carbocycles. The molecule has 2 aromatic carbocycles. The fourth-order valence-corrected chi connectivity index (χ4v) is 1.83. The minimum atomic E-state index is -0.951. The topological polar surface area (TPSA) is 35.8 Å². The van der Waals surface area contributed by atoms with Gasteiger partial charge in [-0.05, 0) is 30.7 Å². The lowest BCUT2D eigenvalue weighted by atomic mass is 10.1. The number of aryl methyl sites for hydroxylation is 1. The summed E-state index contributed by atoms with van der Waals surface area (Å²) < 4.78 is 54.6. The molecule has 2 rings (SSSR count). The summed E-state index contributed by atoms with van der Waals surface area (Å²) in [6.07, 6.45) is 0. The molecule has 0 aliphatic rings. The molecule has 0 fully saturated rings. The molecule has 0 unspecified atom stereocenters. The van der Waals surface area contributed by atoms with Gasteiger partial charge >= 0.3 is 0 Å². The molecule has 21 heavy (non-hydrogen) atoms. The maximum Gasteiger partial charge on any atom is 0.152 e. The summed E-state index contributed by atoms with van der Waals surface area (Å²) in [5, 5.41) is 10.9. The summed E-state index contributed by atoms with van der Waals surface area (Å²) in [5.41, 5.74) is -0.797. The van der Waals surface area contributed by atoms with E-state index in [1.165, 1.54) is 13.0 Å². The van der Waals surface area contributed by atoms with E-state index in [0.29, 0.717) is 0 Å². The zero-order valence-corrected chi connectivity index (χ0v) is 11.0. The van der Waals surface area contributed by atoms with Crippen LogP contribution in [0.3, 0.4) is 0 Å². The van der Waals surface area contributed by atoms with Crippen molar-refractivity contribution in [2.75, 3.05) is 5.32 Å². The fraction of sp³-hybridized carbons (Fsp3) is 0.133. The summed E-state index contributed by atoms with van der Waals surface area (Å²) in [7, 11) is 0. The molecule has 0 bridgehead atoms. The summed E-state index contributed by atoms with van der Waals surface area (Å²) in [5.74, 6) is -3.57. The first-order valence-electron chi connectivity index (χ1n) is 6.00. The van der Waals surface area contributed by atoms with Crippen molar-refractivity contribution in [1.29, 1.82) is 5.26 Å². The zero-order chi connectivity index (χ0) is 15.6. The van der Waals surface area contributed by atoms with Gasteiger partial charge in [-0.1, -0.05) is 6.07 Å². The lowest BCUT2D eigenvalue weighted by Crippen LogP contribution is -2.08. The second-order valence-corrected chi connectivity index (χ2v) is 4.44. The van der Waals surface area contributed by atoms with Crippen molar-refractivity contribution in [3.8, 4) is 6.07 Å². The first-order chi connectivity index (χ1) is 9.93. The fourth-order valence-electron chi connectivity index (χ4n) is 1.83. The largest absolute Gasteiger partial charge is 0.376 e. The number of rotatable bonds is 3. The molecule has 0 aromatic heterocycles. The Morgan fingerprint density at radius 2 is 1.67 bits per heavy atom. The van der Waals surface area contributed by atoms with Crippen LogP contribution in [0, 0.1) is 41.5 Å². The van der Waals surface area contributed by atoms with Crippen LogP contribution in [0.1, 0.15) is 16.7 Å². The number of hydrogen-bond acceptors (Lipinski definition) is 2. The molecule has 2 nitrogen and oxygen atoms in total. The van der Waals surface area contributed by atoms with Gasteiger partial charge in [0.25, 0.3) is 0 Å². The van der Waals surface area contributed by atoms with Gasteiger partial charge in [-0.2, -0.15) is 5.26 Å². The van der Waals surface area contributed by atoms with Gasteiger partial charge < -0.3 is 5.32 Å². The lowest BCUT2D eigenvalue weighted by Gasteiger charge is -2.11. The van der Waals surface area contributed by atoms with Crippen LogP contribution in [0.4, 0.5) is 23.2 Å². The van der Waals surface area contributed by atoms with Gasteiger partial charge in [0.1, 0.15) is 23.1 Å². The molecule has 2 aromatic rings. The minimum absolute atomic E-state index is 0.165. The molecule has 1 N–H and O–H groups in total. The van der Waals surface area contributed by atoms with E-state index < -0.39 is 41.1 Å². The van der Waals surface area contributed by atoms with Crippen LogP contribution in [0.15, 0.2) is 24.3 Å². The number of nitriles is 1. The summed E-state index contributed by atoms with van der Waals surface area (Å²) in [6.45, 7) is 1.00. The summed E-state index contributed by atoms with van der Waals surface area (Å²) in [4.78, 5) is 0. The molecular formula is C15H10F4N2. The molecule has 6 heteroatoms. The average Bonchev–Trinajstić information content (AvgIpc) is 2.45. The Labute approximate surface area is 118 Å². The maximum atomic E-state index is 13.8. The first kappa shape index (κ1) is 14.9. The monoisotopic (exact) mass is 294 g/mol. The second kappa shape index (κ2) is 5.83. The minimum Gasteiger partial charge on any atom is -0.376 e. The standard InChI is InChI=1S/C15H10F4N2/c1-8-2-3-11(16)15(14(8)19)21-7-10-12(17)4-9(6-20)5-13(10)18/h2-5,21H,7H2,1H3. The summed E-state index contributed by atoms with van der Waals surface area (Å²) in [6, 6.07) is 5.67. The highest BCUT2D eigenvalue weighted by molar-refractivity contribution is 5.49. The average molecular weight is 294 g/mol. The Kier molecular flexibility index (Phi) is 4.13. The lowest BCUT2D eigenvalue weighted by molar-refractivity contribution is 0.555. The predicted octanol–water partition coefficient (Wildman–Crippen LogP) is 4.04. The Balaban J connectivity index is 2.30. The van der Waals surface area contributed by atoms with Crippen molar-refractivity contribution in [1.82, 2.24) is 0 Å². The smallest absolute Gasteiger partial charge is 0.152 e. The third-order valence-electron chi connectivity index (χ3n) is 3.00. The molecule has 0 amide bonds. The molecule has 0 radical (unpaired) electrons. The van der Waals surface area contributed by atoms with E-state index in [-0.39, 0.29) is 11.1 Å². The molecule has 0 aliphatic heterocycles. The van der Waals surface area contributed by atoms with Crippen LogP contribution in [0.2, 0.25) is 0 Å². The van der Waals surface area contributed by atoms with Gasteiger partial charge in [0, 0.05) is 12.1 Å². The highest BCUT2D eigenvalue weighted by Crippen LogP contribution is 2.23. The Morgan fingerprint density at radius 3 is 2.24 bits per heavy atom. The number of nitrogens with zero attached hydrogens (tertiary/aromatic N) is 1. The Morgan fingerprint density at radius 1 is 1.05 bits per heavy atom. The van der Waals surface area contributed by atoms with Gasteiger partial charge in [0.15, 0.2) is 5.82 Å². The quantitative estimate of drug-likeness (QED) is 0.867. The number of halogens is 4. The van der Waals surface area contributed by atoms with Gasteiger partial charge in [-0.15, -0.1) is 0 Å². The van der Waals surface area contributed by atoms with E-state index in [2.05, 4.69) is 5.32 Å². The predicted molar refractivity (Wildman–Crippen MR) is 69.5 cm³/mol. The highest BCUT2D eigenvalue weighted by Gasteiger charge is 2.15. The van der Waals surface area contributed by atoms with Gasteiger partial charge in [0.2, 0.25) is 0 Å². The molecule has 108 valence electrons. The molecule has 0 heterocycles. The second-order valence-electron chi connectivity index (χ2n) is 4.44. The normalized spacial score (nSPS) is 10.3. The van der Waals surface area contributed by atoms with E-state index in [0.717, 1.165) is 18.2 Å². The molecule has 0 spiro atoms. The number of hydrogen-bond donors (Lipinski definition) is 1. The van der Waals surface area contributed by atoms with Crippen molar-refractivity contribution in [3.05, 3.63) is 64.2 Å². The van der Waals surface area contributed by atoms with E-state index in [9.17, 15) is 17.6 Å². The third-order valence-corrected chi connectivity index (χ3v) is 3.00. The number of anilines is 1. The highest BCUT2D eigenvalue weighted by atomic mass is 19.1. The van der Waals surface area contributed by atoms with Gasteiger partial charge in [-0.25, -0.2) is 17.6 Å². The van der Waals surface area contributed by atoms with Crippen molar-refractivity contribution in [2.45, 2.75) is 13.5 Å². The first-order valence-corrected chi connectivity index (χ1v) is 6.00. The molecule has 0 saturated heterocycles. The van der Waals surface area contributed by atoms with Crippen molar-refractivity contribution in [2.24, 2.45) is 0 Å². The Bertz CT molecular complexity index is 712. The van der Waals surface area contributed by atoms with Crippen LogP contribution < -0.4 is 5.32 Å². The van der Waals surface area contributed by atoms with E-state index in [1.807, 2.05) is 0 Å². The summed E-state index contributed by atoms with van der Waals surface area (Å²) >= 11 is 0. The van der Waals surface area contributed by atoms with E-state index in [1.54, 1.807) is 6.07 Å². The SMILES string of the molecule is Cc1ccc(F)c(NCc2c(F)cc(C#N)cc2F)c1F. The van der Waals surface area contributed by atoms with Crippen LogP contribution >= 0.6 is 0 Å². The number of benzene rings is 2. The van der Waals surface area contributed by atoms with Gasteiger partial charge in [0.05, 0.1) is 11.6 Å². The molecular weight excluding hydrogens is 284 g/mol.